The first-order chi connectivity index (χ1) is 5.84. The van der Waals surface area contributed by atoms with Crippen LogP contribution in [-0.4, -0.2) is 17.4 Å². The van der Waals surface area contributed by atoms with Crippen molar-refractivity contribution in [2.45, 2.75) is 12.8 Å². The molecule has 0 saturated carbocycles. The predicted octanol–water partition coefficient (Wildman–Crippen LogP) is 1.83. The van der Waals surface area contributed by atoms with E-state index in [2.05, 4.69) is 0 Å². The molecule has 0 aliphatic heterocycles. The molecule has 2 N–H and O–H groups in total. The average molecular weight is 163 g/mol. The van der Waals surface area contributed by atoms with Crippen molar-refractivity contribution in [1.82, 2.24) is 0 Å². The average Bonchev–Trinajstić information content (AvgIpc) is 2.15. The second kappa shape index (κ2) is 4.67. The fraction of sp³-hybridized carbons (Fsp3) is 0.300. The van der Waals surface area contributed by atoms with E-state index < -0.39 is 0 Å². The van der Waals surface area contributed by atoms with E-state index >= 15 is 0 Å². The molecule has 2 nitrogen and oxygen atoms in total. The van der Waals surface area contributed by atoms with Crippen LogP contribution in [0.1, 0.15) is 18.4 Å². The summed E-state index contributed by atoms with van der Waals surface area (Å²) in [7, 11) is 0. The van der Waals surface area contributed by atoms with E-state index in [1.807, 2.05) is 30.3 Å². The molecule has 0 aromatic heterocycles. The number of hydrogen-bond donors (Lipinski definition) is 2. The molecular formula is C10H13NO. The first-order valence-corrected chi connectivity index (χ1v) is 4.08. The fourth-order valence-electron chi connectivity index (χ4n) is 1.04. The smallest absolute Gasteiger partial charge is 0.0434 e. The third-order valence-corrected chi connectivity index (χ3v) is 1.71. The van der Waals surface area contributed by atoms with Crippen LogP contribution in [0.2, 0.25) is 0 Å². The molecule has 0 heterocycles. The van der Waals surface area contributed by atoms with Crippen molar-refractivity contribution < 1.29 is 5.11 Å². The van der Waals surface area contributed by atoms with Crippen molar-refractivity contribution >= 4 is 5.71 Å². The lowest BCUT2D eigenvalue weighted by Crippen LogP contribution is -1.99. The van der Waals surface area contributed by atoms with Gasteiger partial charge < -0.3 is 10.5 Å². The van der Waals surface area contributed by atoms with Crippen molar-refractivity contribution in [2.75, 3.05) is 6.61 Å². The SMILES string of the molecule is N=C(CCCO)c1ccccc1. The number of aliphatic hydroxyl groups excluding tert-OH is 1. The minimum Gasteiger partial charge on any atom is -0.396 e. The monoisotopic (exact) mass is 163 g/mol. The normalized spacial score (nSPS) is 9.75. The van der Waals surface area contributed by atoms with E-state index in [0.717, 1.165) is 5.56 Å². The fourth-order valence-corrected chi connectivity index (χ4v) is 1.04. The van der Waals surface area contributed by atoms with Crippen LogP contribution in [0.4, 0.5) is 0 Å². The van der Waals surface area contributed by atoms with Gasteiger partial charge in [0.15, 0.2) is 0 Å². The Hall–Kier alpha value is -1.15. The summed E-state index contributed by atoms with van der Waals surface area (Å²) in [5, 5.41) is 16.2. The lowest BCUT2D eigenvalue weighted by molar-refractivity contribution is 0.291. The Bertz CT molecular complexity index is 243. The zero-order valence-electron chi connectivity index (χ0n) is 6.96. The number of nitrogens with one attached hydrogen (secondary N) is 1. The van der Waals surface area contributed by atoms with Crippen molar-refractivity contribution in [2.24, 2.45) is 0 Å². The summed E-state index contributed by atoms with van der Waals surface area (Å²) in [6.45, 7) is 0.162. The van der Waals surface area contributed by atoms with Crippen LogP contribution in [0, 0.1) is 5.41 Å². The molecule has 0 bridgehead atoms. The highest BCUT2D eigenvalue weighted by Gasteiger charge is 1.98. The molecule has 0 radical (unpaired) electrons. The molecule has 1 rings (SSSR count). The van der Waals surface area contributed by atoms with E-state index in [-0.39, 0.29) is 6.61 Å². The van der Waals surface area contributed by atoms with Gasteiger partial charge in [0, 0.05) is 12.3 Å². The Morgan fingerprint density at radius 1 is 1.25 bits per heavy atom. The minimum absolute atomic E-state index is 0.162. The Labute approximate surface area is 72.4 Å². The van der Waals surface area contributed by atoms with Gasteiger partial charge in [-0.05, 0) is 18.4 Å². The van der Waals surface area contributed by atoms with Gasteiger partial charge in [-0.25, -0.2) is 0 Å². The highest BCUT2D eigenvalue weighted by Crippen LogP contribution is 2.03. The first kappa shape index (κ1) is 8.94. The Morgan fingerprint density at radius 3 is 2.50 bits per heavy atom. The summed E-state index contributed by atoms with van der Waals surface area (Å²) >= 11 is 0. The second-order valence-corrected chi connectivity index (χ2v) is 2.67. The van der Waals surface area contributed by atoms with Crippen LogP contribution in [0.5, 0.6) is 0 Å². The highest BCUT2D eigenvalue weighted by molar-refractivity contribution is 5.98. The molecule has 0 fully saturated rings. The van der Waals surface area contributed by atoms with E-state index in [1.165, 1.54) is 0 Å². The maximum atomic E-state index is 8.57. The topological polar surface area (TPSA) is 44.1 Å². The largest absolute Gasteiger partial charge is 0.396 e. The van der Waals surface area contributed by atoms with Gasteiger partial charge in [-0.3, -0.25) is 0 Å². The number of aliphatic hydroxyl groups is 1. The molecule has 0 unspecified atom stereocenters. The maximum Gasteiger partial charge on any atom is 0.0434 e. The zero-order valence-corrected chi connectivity index (χ0v) is 6.96. The summed E-state index contributed by atoms with van der Waals surface area (Å²) in [6.07, 6.45) is 1.33. The molecule has 1 aromatic rings. The van der Waals surface area contributed by atoms with Gasteiger partial charge in [0.2, 0.25) is 0 Å². The molecule has 12 heavy (non-hydrogen) atoms. The summed E-state index contributed by atoms with van der Waals surface area (Å²) in [5.41, 5.74) is 1.55. The minimum atomic E-state index is 0.162. The Morgan fingerprint density at radius 2 is 1.92 bits per heavy atom. The van der Waals surface area contributed by atoms with Gasteiger partial charge in [-0.1, -0.05) is 30.3 Å². The van der Waals surface area contributed by atoms with E-state index in [0.29, 0.717) is 18.6 Å². The number of rotatable bonds is 4. The molecule has 64 valence electrons. The van der Waals surface area contributed by atoms with Crippen molar-refractivity contribution in [1.29, 1.82) is 5.41 Å². The van der Waals surface area contributed by atoms with Crippen molar-refractivity contribution in [3.05, 3.63) is 35.9 Å². The Balaban J connectivity index is 2.54. The standard InChI is InChI=1S/C10H13NO/c11-10(7-4-8-12)9-5-2-1-3-6-9/h1-3,5-6,11-12H,4,7-8H2. The van der Waals surface area contributed by atoms with Gasteiger partial charge in [-0.15, -0.1) is 0 Å². The van der Waals surface area contributed by atoms with E-state index in [1.54, 1.807) is 0 Å². The molecule has 0 spiro atoms. The Kier molecular flexibility index (Phi) is 3.48. The lowest BCUT2D eigenvalue weighted by Gasteiger charge is -2.01. The lowest BCUT2D eigenvalue weighted by atomic mass is 10.1. The first-order valence-electron chi connectivity index (χ1n) is 4.08. The van der Waals surface area contributed by atoms with E-state index in [4.69, 9.17) is 10.5 Å². The zero-order chi connectivity index (χ0) is 8.81. The summed E-state index contributed by atoms with van der Waals surface area (Å²) in [6, 6.07) is 9.61. The summed E-state index contributed by atoms with van der Waals surface area (Å²) in [5.74, 6) is 0. The quantitative estimate of drug-likeness (QED) is 0.653. The third-order valence-electron chi connectivity index (χ3n) is 1.71. The van der Waals surface area contributed by atoms with E-state index in [9.17, 15) is 0 Å². The molecule has 1 aromatic carbocycles. The summed E-state index contributed by atoms with van der Waals surface area (Å²) in [4.78, 5) is 0. The van der Waals surface area contributed by atoms with Crippen LogP contribution < -0.4 is 0 Å². The molecule has 0 saturated heterocycles. The van der Waals surface area contributed by atoms with Crippen LogP contribution >= 0.6 is 0 Å². The van der Waals surface area contributed by atoms with Crippen LogP contribution in [0.15, 0.2) is 30.3 Å². The van der Waals surface area contributed by atoms with Gasteiger partial charge >= 0.3 is 0 Å². The third kappa shape index (κ3) is 2.47. The van der Waals surface area contributed by atoms with Gasteiger partial charge in [0.25, 0.3) is 0 Å². The van der Waals surface area contributed by atoms with Gasteiger partial charge in [0.05, 0.1) is 0 Å². The van der Waals surface area contributed by atoms with Crippen LogP contribution in [-0.2, 0) is 0 Å². The van der Waals surface area contributed by atoms with Crippen LogP contribution in [0.3, 0.4) is 0 Å². The van der Waals surface area contributed by atoms with Crippen molar-refractivity contribution in [3.8, 4) is 0 Å². The summed E-state index contributed by atoms with van der Waals surface area (Å²) < 4.78 is 0. The second-order valence-electron chi connectivity index (χ2n) is 2.67. The number of hydrogen-bond acceptors (Lipinski definition) is 2. The number of benzene rings is 1. The molecule has 0 aliphatic carbocycles. The van der Waals surface area contributed by atoms with Crippen molar-refractivity contribution in [3.63, 3.8) is 0 Å². The van der Waals surface area contributed by atoms with Gasteiger partial charge in [-0.2, -0.15) is 0 Å². The molecule has 0 atom stereocenters. The van der Waals surface area contributed by atoms with Gasteiger partial charge in [0.1, 0.15) is 0 Å². The molecule has 2 heteroatoms. The van der Waals surface area contributed by atoms with Crippen LogP contribution in [0.25, 0.3) is 0 Å². The predicted molar refractivity (Wildman–Crippen MR) is 49.6 cm³/mol. The molecule has 0 amide bonds. The molecule has 0 aliphatic rings. The molecular weight excluding hydrogens is 150 g/mol. The maximum absolute atomic E-state index is 8.57. The highest BCUT2D eigenvalue weighted by atomic mass is 16.2.